The topological polar surface area (TPSA) is 61.7 Å². The first-order chi connectivity index (χ1) is 12.1. The highest BCUT2D eigenvalue weighted by Gasteiger charge is 2.10. The molecule has 0 atom stereocenters. The number of rotatable bonds is 5. The smallest absolute Gasteiger partial charge is 0.335 e. The Balaban J connectivity index is 2.00. The van der Waals surface area contributed by atoms with Crippen LogP contribution in [0.2, 0.25) is 0 Å². The van der Waals surface area contributed by atoms with Gasteiger partial charge in [-0.25, -0.2) is 4.79 Å². The number of halogens is 1. The van der Waals surface area contributed by atoms with E-state index in [1.807, 2.05) is 54.6 Å². The second-order valence-electron chi connectivity index (χ2n) is 5.30. The Morgan fingerprint density at radius 3 is 2.28 bits per heavy atom. The van der Waals surface area contributed by atoms with E-state index in [1.54, 1.807) is 24.3 Å². The van der Waals surface area contributed by atoms with E-state index in [-0.39, 0.29) is 5.56 Å². The molecule has 0 aliphatic heterocycles. The number of benzene rings is 3. The lowest BCUT2D eigenvalue weighted by Crippen LogP contribution is -2.07. The third-order valence-corrected chi connectivity index (χ3v) is 4.27. The molecular formula is C20H15BrN2O2. The molecule has 3 rings (SSSR count). The summed E-state index contributed by atoms with van der Waals surface area (Å²) in [6.07, 6.45) is 0. The normalized spacial score (nSPS) is 11.2. The average molecular weight is 395 g/mol. The molecule has 2 N–H and O–H groups in total. The van der Waals surface area contributed by atoms with E-state index in [1.165, 1.54) is 0 Å². The number of hydrogen-bond acceptors (Lipinski definition) is 3. The van der Waals surface area contributed by atoms with E-state index in [2.05, 4.69) is 26.5 Å². The van der Waals surface area contributed by atoms with Crippen LogP contribution in [0.1, 0.15) is 21.5 Å². The summed E-state index contributed by atoms with van der Waals surface area (Å²) in [5, 5.41) is 13.6. The Morgan fingerprint density at radius 1 is 0.880 bits per heavy atom. The molecule has 0 aliphatic rings. The van der Waals surface area contributed by atoms with Gasteiger partial charge in [-0.1, -0.05) is 70.5 Å². The Labute approximate surface area is 154 Å². The van der Waals surface area contributed by atoms with Gasteiger partial charge in [0.15, 0.2) is 0 Å². The number of nitrogens with one attached hydrogen (secondary N) is 1. The fraction of sp³-hybridized carbons (Fsp3) is 0. The van der Waals surface area contributed by atoms with Crippen molar-refractivity contribution in [3.8, 4) is 0 Å². The Kier molecular flexibility index (Phi) is 5.26. The highest BCUT2D eigenvalue weighted by Crippen LogP contribution is 2.21. The molecule has 0 unspecified atom stereocenters. The van der Waals surface area contributed by atoms with E-state index in [0.717, 1.165) is 21.3 Å². The molecule has 0 aromatic heterocycles. The molecule has 25 heavy (non-hydrogen) atoms. The number of aromatic carboxylic acids is 1. The maximum absolute atomic E-state index is 11.1. The van der Waals surface area contributed by atoms with Crippen LogP contribution in [0.4, 0.5) is 5.69 Å². The minimum atomic E-state index is -0.971. The first kappa shape index (κ1) is 16.9. The summed E-state index contributed by atoms with van der Waals surface area (Å²) in [5.41, 5.74) is 6.44. The quantitative estimate of drug-likeness (QED) is 0.472. The second kappa shape index (κ2) is 7.77. The highest BCUT2D eigenvalue weighted by atomic mass is 79.9. The van der Waals surface area contributed by atoms with Gasteiger partial charge < -0.3 is 5.11 Å². The zero-order chi connectivity index (χ0) is 17.6. The molecule has 0 fully saturated rings. The van der Waals surface area contributed by atoms with Crippen molar-refractivity contribution in [2.24, 2.45) is 5.10 Å². The SMILES string of the molecule is O=C(O)c1cccc(NN=C(c2ccccc2)c2ccccc2Br)c1. The molecule has 3 aromatic rings. The fourth-order valence-electron chi connectivity index (χ4n) is 2.37. The molecule has 0 bridgehead atoms. The molecule has 0 saturated carbocycles. The molecule has 4 nitrogen and oxygen atoms in total. The van der Waals surface area contributed by atoms with E-state index >= 15 is 0 Å². The van der Waals surface area contributed by atoms with Crippen LogP contribution in [0.15, 0.2) is 88.4 Å². The second-order valence-corrected chi connectivity index (χ2v) is 6.16. The number of anilines is 1. The van der Waals surface area contributed by atoms with E-state index in [4.69, 9.17) is 5.11 Å². The monoisotopic (exact) mass is 394 g/mol. The van der Waals surface area contributed by atoms with Gasteiger partial charge in [-0.3, -0.25) is 5.43 Å². The van der Waals surface area contributed by atoms with Gasteiger partial charge in [0.1, 0.15) is 0 Å². The van der Waals surface area contributed by atoms with Gasteiger partial charge in [0.05, 0.1) is 17.0 Å². The average Bonchev–Trinajstić information content (AvgIpc) is 2.64. The zero-order valence-corrected chi connectivity index (χ0v) is 14.8. The summed E-state index contributed by atoms with van der Waals surface area (Å²) in [6, 6.07) is 24.2. The zero-order valence-electron chi connectivity index (χ0n) is 13.2. The Bertz CT molecular complexity index is 924. The maximum atomic E-state index is 11.1. The van der Waals surface area contributed by atoms with Crippen LogP contribution < -0.4 is 5.43 Å². The van der Waals surface area contributed by atoms with Crippen molar-refractivity contribution in [1.29, 1.82) is 0 Å². The van der Waals surface area contributed by atoms with Gasteiger partial charge in [0.2, 0.25) is 0 Å². The van der Waals surface area contributed by atoms with Crippen LogP contribution in [-0.2, 0) is 0 Å². The molecule has 0 radical (unpaired) electrons. The first-order valence-electron chi connectivity index (χ1n) is 7.62. The largest absolute Gasteiger partial charge is 0.478 e. The first-order valence-corrected chi connectivity index (χ1v) is 8.42. The van der Waals surface area contributed by atoms with Crippen LogP contribution >= 0.6 is 15.9 Å². The molecule has 0 heterocycles. The van der Waals surface area contributed by atoms with Gasteiger partial charge in [-0.2, -0.15) is 5.10 Å². The molecule has 0 aliphatic carbocycles. The lowest BCUT2D eigenvalue weighted by atomic mass is 10.0. The van der Waals surface area contributed by atoms with Crippen molar-refractivity contribution in [1.82, 2.24) is 0 Å². The molecule has 0 spiro atoms. The fourth-order valence-corrected chi connectivity index (χ4v) is 2.84. The molecular weight excluding hydrogens is 380 g/mol. The molecule has 0 saturated heterocycles. The van der Waals surface area contributed by atoms with Gasteiger partial charge in [-0.15, -0.1) is 0 Å². The number of hydrogen-bond donors (Lipinski definition) is 2. The molecule has 124 valence electrons. The van der Waals surface area contributed by atoms with Crippen LogP contribution in [-0.4, -0.2) is 16.8 Å². The number of carboxylic acids is 1. The Morgan fingerprint density at radius 2 is 1.56 bits per heavy atom. The van der Waals surface area contributed by atoms with Gasteiger partial charge in [-0.05, 0) is 24.3 Å². The van der Waals surface area contributed by atoms with Gasteiger partial charge in [0, 0.05) is 15.6 Å². The predicted octanol–water partition coefficient (Wildman–Crippen LogP) is 5.01. The van der Waals surface area contributed by atoms with Gasteiger partial charge >= 0.3 is 5.97 Å². The summed E-state index contributed by atoms with van der Waals surface area (Å²) in [4.78, 5) is 11.1. The lowest BCUT2D eigenvalue weighted by Gasteiger charge is -2.10. The minimum absolute atomic E-state index is 0.211. The van der Waals surface area contributed by atoms with Gasteiger partial charge in [0.25, 0.3) is 0 Å². The van der Waals surface area contributed by atoms with E-state index in [9.17, 15) is 4.79 Å². The highest BCUT2D eigenvalue weighted by molar-refractivity contribution is 9.10. The number of carbonyl (C=O) groups is 1. The summed E-state index contributed by atoms with van der Waals surface area (Å²) in [5.74, 6) is -0.971. The van der Waals surface area contributed by atoms with Crippen molar-refractivity contribution in [2.75, 3.05) is 5.43 Å². The van der Waals surface area contributed by atoms with Crippen LogP contribution in [0.5, 0.6) is 0 Å². The standard InChI is InChI=1S/C20H15BrN2O2/c21-18-12-5-4-11-17(18)19(14-7-2-1-3-8-14)23-22-16-10-6-9-15(13-16)20(24)25/h1-13,22H,(H,24,25). The molecule has 0 amide bonds. The van der Waals surface area contributed by atoms with Crippen molar-refractivity contribution >= 4 is 33.3 Å². The number of carboxylic acid groups (broad SMARTS) is 1. The number of hydrazone groups is 1. The number of nitrogens with zero attached hydrogens (tertiary/aromatic N) is 1. The summed E-state index contributed by atoms with van der Waals surface area (Å²) in [6.45, 7) is 0. The van der Waals surface area contributed by atoms with Crippen molar-refractivity contribution in [3.05, 3.63) is 100 Å². The van der Waals surface area contributed by atoms with Crippen molar-refractivity contribution in [3.63, 3.8) is 0 Å². The summed E-state index contributed by atoms with van der Waals surface area (Å²) >= 11 is 3.56. The molecule has 3 aromatic carbocycles. The minimum Gasteiger partial charge on any atom is -0.478 e. The van der Waals surface area contributed by atoms with Crippen LogP contribution in [0.25, 0.3) is 0 Å². The van der Waals surface area contributed by atoms with Crippen LogP contribution in [0, 0.1) is 0 Å². The molecule has 5 heteroatoms. The lowest BCUT2D eigenvalue weighted by molar-refractivity contribution is 0.0697. The Hall–Kier alpha value is -2.92. The van der Waals surface area contributed by atoms with E-state index < -0.39 is 5.97 Å². The van der Waals surface area contributed by atoms with Crippen molar-refractivity contribution < 1.29 is 9.90 Å². The van der Waals surface area contributed by atoms with Crippen LogP contribution in [0.3, 0.4) is 0 Å². The van der Waals surface area contributed by atoms with Crippen molar-refractivity contribution in [2.45, 2.75) is 0 Å². The third-order valence-electron chi connectivity index (χ3n) is 3.58. The predicted molar refractivity (Wildman–Crippen MR) is 103 cm³/mol. The third kappa shape index (κ3) is 4.14. The summed E-state index contributed by atoms with van der Waals surface area (Å²) in [7, 11) is 0. The summed E-state index contributed by atoms with van der Waals surface area (Å²) < 4.78 is 0.929. The van der Waals surface area contributed by atoms with E-state index in [0.29, 0.717) is 5.69 Å². The maximum Gasteiger partial charge on any atom is 0.335 e.